The van der Waals surface area contributed by atoms with Gasteiger partial charge in [-0.1, -0.05) is 41.7 Å². The van der Waals surface area contributed by atoms with Gasteiger partial charge in [0, 0.05) is 12.8 Å². The molecule has 0 unspecified atom stereocenters. The van der Waals surface area contributed by atoms with Gasteiger partial charge in [0.25, 0.3) is 0 Å². The van der Waals surface area contributed by atoms with Crippen molar-refractivity contribution >= 4 is 22.3 Å². The van der Waals surface area contributed by atoms with Gasteiger partial charge in [-0.15, -0.1) is 10.2 Å². The Hall–Kier alpha value is -2.67. The number of anilines is 1. The summed E-state index contributed by atoms with van der Waals surface area (Å²) < 4.78 is 0. The number of nitrogens with zero attached hydrogens (tertiary/aromatic N) is 4. The Bertz CT molecular complexity index is 833. The average Bonchev–Trinajstić information content (AvgIpc) is 3.06. The van der Waals surface area contributed by atoms with Crippen molar-refractivity contribution in [1.82, 2.24) is 20.4 Å². The van der Waals surface area contributed by atoms with E-state index in [1.54, 1.807) is 0 Å². The Morgan fingerprint density at radius 1 is 0.846 bits per heavy atom. The fourth-order valence-corrected chi connectivity index (χ4v) is 3.30. The zero-order chi connectivity index (χ0) is 18.2. The molecule has 2 heterocycles. The molecule has 0 spiro atoms. The summed E-state index contributed by atoms with van der Waals surface area (Å²) in [5.74, 6) is 0.148. The largest absolute Gasteiger partial charge is 0.374 e. The van der Waals surface area contributed by atoms with E-state index in [4.69, 9.17) is 5.73 Å². The summed E-state index contributed by atoms with van der Waals surface area (Å²) in [6.07, 6.45) is 4.50. The molecule has 0 saturated heterocycles. The van der Waals surface area contributed by atoms with Crippen molar-refractivity contribution in [2.24, 2.45) is 0 Å². The van der Waals surface area contributed by atoms with Gasteiger partial charge in [-0.25, -0.2) is 0 Å². The summed E-state index contributed by atoms with van der Waals surface area (Å²) in [5.41, 5.74) is 8.26. The molecule has 0 radical (unpaired) electrons. The summed E-state index contributed by atoms with van der Waals surface area (Å²) in [6.45, 7) is 0. The lowest BCUT2D eigenvalue weighted by atomic mass is 10.1. The molecule has 134 valence electrons. The summed E-state index contributed by atoms with van der Waals surface area (Å²) in [5, 5.41) is 17.7. The average molecular weight is 367 g/mol. The molecule has 1 aromatic carbocycles. The zero-order valence-corrected chi connectivity index (χ0v) is 15.3. The van der Waals surface area contributed by atoms with Crippen molar-refractivity contribution in [2.45, 2.75) is 38.5 Å². The fourth-order valence-electron chi connectivity index (χ4n) is 2.65. The molecule has 0 fully saturated rings. The van der Waals surface area contributed by atoms with E-state index in [1.807, 2.05) is 42.5 Å². The molecule has 3 aromatic rings. The number of aryl methyl sites for hydroxylation is 2. The van der Waals surface area contributed by atoms with E-state index in [9.17, 15) is 4.79 Å². The second-order valence-electron chi connectivity index (χ2n) is 6.13. The Balaban J connectivity index is 1.40. The van der Waals surface area contributed by atoms with Crippen LogP contribution in [-0.4, -0.2) is 26.2 Å². The van der Waals surface area contributed by atoms with E-state index < -0.39 is 0 Å². The third kappa shape index (κ3) is 5.70. The number of hydrogen-bond acceptors (Lipinski definition) is 7. The van der Waals surface area contributed by atoms with Gasteiger partial charge < -0.3 is 5.73 Å². The Morgan fingerprint density at radius 2 is 1.58 bits per heavy atom. The molecule has 0 atom stereocenters. The summed E-state index contributed by atoms with van der Waals surface area (Å²) in [7, 11) is 0. The molecule has 0 aliphatic heterocycles. The van der Waals surface area contributed by atoms with Crippen molar-refractivity contribution in [3.05, 3.63) is 64.4 Å². The number of carbonyl (C=O) groups is 1. The summed E-state index contributed by atoms with van der Waals surface area (Å²) in [4.78, 5) is 12.1. The second-order valence-corrected chi connectivity index (χ2v) is 7.23. The van der Waals surface area contributed by atoms with E-state index in [2.05, 4.69) is 20.4 Å². The van der Waals surface area contributed by atoms with Crippen molar-refractivity contribution in [1.29, 1.82) is 0 Å². The number of nitrogens with two attached hydrogens (primary N) is 1. The Labute approximate surface area is 156 Å². The number of benzene rings is 1. The fraction of sp³-hybridized carbons (Fsp3) is 0.316. The molecule has 0 bridgehead atoms. The molecule has 26 heavy (non-hydrogen) atoms. The third-order valence-corrected chi connectivity index (χ3v) is 4.77. The lowest BCUT2D eigenvalue weighted by Crippen LogP contribution is -2.09. The predicted octanol–water partition coefficient (Wildman–Crippen LogP) is 2.83. The molecule has 7 heteroatoms. The lowest BCUT2D eigenvalue weighted by Gasteiger charge is -2.03. The number of carbonyl (C=O) groups excluding carboxylic acids is 1. The first-order valence-electron chi connectivity index (χ1n) is 8.64. The van der Waals surface area contributed by atoms with Gasteiger partial charge in [-0.3, -0.25) is 4.79 Å². The van der Waals surface area contributed by atoms with Gasteiger partial charge in [0.05, 0.1) is 17.8 Å². The maximum Gasteiger partial charge on any atom is 0.203 e. The first-order valence-corrected chi connectivity index (χ1v) is 9.45. The van der Waals surface area contributed by atoms with Crippen LogP contribution >= 0.6 is 11.3 Å². The summed E-state index contributed by atoms with van der Waals surface area (Å²) >= 11 is 1.44. The van der Waals surface area contributed by atoms with Crippen LogP contribution in [0.3, 0.4) is 0 Å². The SMILES string of the molecule is Nc1nnc(CCCCc2ccc(CC(=O)Cc3ccccc3)nn2)s1. The highest BCUT2D eigenvalue weighted by molar-refractivity contribution is 7.15. The number of rotatable bonds is 9. The molecule has 3 rings (SSSR count). The van der Waals surface area contributed by atoms with Crippen LogP contribution in [-0.2, 0) is 30.5 Å². The lowest BCUT2D eigenvalue weighted by molar-refractivity contribution is -0.117. The quantitative estimate of drug-likeness (QED) is 0.584. The van der Waals surface area contributed by atoms with E-state index in [-0.39, 0.29) is 5.78 Å². The van der Waals surface area contributed by atoms with E-state index in [1.165, 1.54) is 11.3 Å². The first kappa shape index (κ1) is 18.1. The van der Waals surface area contributed by atoms with Crippen LogP contribution in [0.1, 0.15) is 34.8 Å². The Kier molecular flexibility index (Phi) is 6.38. The van der Waals surface area contributed by atoms with Crippen LogP contribution in [0.2, 0.25) is 0 Å². The van der Waals surface area contributed by atoms with E-state index in [0.29, 0.717) is 18.0 Å². The van der Waals surface area contributed by atoms with Crippen LogP contribution in [0.4, 0.5) is 5.13 Å². The maximum atomic E-state index is 12.1. The third-order valence-electron chi connectivity index (χ3n) is 3.95. The number of aromatic nitrogens is 4. The minimum atomic E-state index is 0.148. The minimum absolute atomic E-state index is 0.148. The van der Waals surface area contributed by atoms with Gasteiger partial charge in [0.15, 0.2) is 0 Å². The zero-order valence-electron chi connectivity index (χ0n) is 14.5. The van der Waals surface area contributed by atoms with Gasteiger partial charge in [-0.2, -0.15) is 10.2 Å². The monoisotopic (exact) mass is 367 g/mol. The standard InChI is InChI=1S/C19H21N5OS/c20-19-24-23-18(26-19)9-5-4-8-15-10-11-16(22-21-15)13-17(25)12-14-6-2-1-3-7-14/h1-3,6-7,10-11H,4-5,8-9,12-13H2,(H2,20,24). The smallest absolute Gasteiger partial charge is 0.203 e. The molecular formula is C19H21N5OS. The van der Waals surface area contributed by atoms with E-state index >= 15 is 0 Å². The van der Waals surface area contributed by atoms with Crippen LogP contribution in [0, 0.1) is 0 Å². The molecule has 6 nitrogen and oxygen atoms in total. The molecule has 2 N–H and O–H groups in total. The molecule has 2 aromatic heterocycles. The second kappa shape index (κ2) is 9.15. The maximum absolute atomic E-state index is 12.1. The topological polar surface area (TPSA) is 94.7 Å². The predicted molar refractivity (Wildman–Crippen MR) is 102 cm³/mol. The molecule has 0 amide bonds. The molecule has 0 saturated carbocycles. The molecule has 0 aliphatic rings. The Morgan fingerprint density at radius 3 is 2.27 bits per heavy atom. The highest BCUT2D eigenvalue weighted by Crippen LogP contribution is 2.14. The molecular weight excluding hydrogens is 346 g/mol. The van der Waals surface area contributed by atoms with Crippen molar-refractivity contribution in [3.63, 3.8) is 0 Å². The highest BCUT2D eigenvalue weighted by Gasteiger charge is 2.07. The normalized spacial score (nSPS) is 10.8. The summed E-state index contributed by atoms with van der Waals surface area (Å²) in [6, 6.07) is 13.6. The van der Waals surface area contributed by atoms with Gasteiger partial charge >= 0.3 is 0 Å². The van der Waals surface area contributed by atoms with Crippen LogP contribution in [0.5, 0.6) is 0 Å². The van der Waals surface area contributed by atoms with Crippen molar-refractivity contribution in [2.75, 3.05) is 5.73 Å². The van der Waals surface area contributed by atoms with Crippen molar-refractivity contribution < 1.29 is 4.79 Å². The number of unbranched alkanes of at least 4 members (excludes halogenated alkanes) is 1. The van der Waals surface area contributed by atoms with Crippen LogP contribution in [0.25, 0.3) is 0 Å². The molecule has 0 aliphatic carbocycles. The van der Waals surface area contributed by atoms with Crippen LogP contribution < -0.4 is 5.73 Å². The number of nitrogen functional groups attached to an aromatic ring is 1. The van der Waals surface area contributed by atoms with Crippen LogP contribution in [0.15, 0.2) is 42.5 Å². The van der Waals surface area contributed by atoms with Gasteiger partial charge in [-0.05, 0) is 37.0 Å². The number of hydrogen-bond donors (Lipinski definition) is 1. The number of Topliss-reactive ketones (excluding diaryl/α,β-unsaturated/α-hetero) is 1. The van der Waals surface area contributed by atoms with Gasteiger partial charge in [0.1, 0.15) is 10.8 Å². The van der Waals surface area contributed by atoms with E-state index in [0.717, 1.165) is 47.6 Å². The van der Waals surface area contributed by atoms with Crippen molar-refractivity contribution in [3.8, 4) is 0 Å². The first-order chi connectivity index (χ1) is 12.7. The highest BCUT2D eigenvalue weighted by atomic mass is 32.1. The minimum Gasteiger partial charge on any atom is -0.374 e. The van der Waals surface area contributed by atoms with Gasteiger partial charge in [0.2, 0.25) is 5.13 Å². The number of ketones is 1.